The first-order chi connectivity index (χ1) is 9.13. The van der Waals surface area contributed by atoms with Crippen LogP contribution in [0.25, 0.3) is 0 Å². The molecule has 1 unspecified atom stereocenters. The van der Waals surface area contributed by atoms with Crippen molar-refractivity contribution < 1.29 is 9.50 Å². The Balaban J connectivity index is 0.00000200. The Labute approximate surface area is 138 Å². The standard InChI is InChI=1S/C15H23FN2O.2ClH/c1-3-11(2)15(18-8-6-17-7-9-18)13-5-4-12(19)10-14(13)16;;/h4-5,10-11,15,17,19H,3,6-9H2,1-2H3;2*1H/t11?,15-;;/m1../s1. The SMILES string of the molecule is CCC(C)[C@H](c1ccc(O)cc1F)N1CCNCC1.Cl.Cl. The van der Waals surface area contributed by atoms with E-state index in [1.54, 1.807) is 12.1 Å². The van der Waals surface area contributed by atoms with Gasteiger partial charge in [-0.25, -0.2) is 4.39 Å². The third kappa shape index (κ3) is 4.99. The minimum absolute atomic E-state index is 0. The number of nitrogens with zero attached hydrogens (tertiary/aromatic N) is 1. The number of aromatic hydroxyl groups is 1. The van der Waals surface area contributed by atoms with E-state index >= 15 is 0 Å². The zero-order chi connectivity index (χ0) is 13.8. The molecule has 0 saturated carbocycles. The maximum Gasteiger partial charge on any atom is 0.131 e. The van der Waals surface area contributed by atoms with E-state index < -0.39 is 0 Å². The number of hydrogen-bond donors (Lipinski definition) is 2. The van der Waals surface area contributed by atoms with E-state index in [9.17, 15) is 9.50 Å². The second-order valence-electron chi connectivity index (χ2n) is 5.32. The first-order valence-electron chi connectivity index (χ1n) is 7.06. The van der Waals surface area contributed by atoms with E-state index in [1.807, 2.05) is 0 Å². The summed E-state index contributed by atoms with van der Waals surface area (Å²) in [6, 6.07) is 4.61. The lowest BCUT2D eigenvalue weighted by molar-refractivity contribution is 0.125. The molecule has 122 valence electrons. The van der Waals surface area contributed by atoms with Crippen LogP contribution >= 0.6 is 24.8 Å². The van der Waals surface area contributed by atoms with Gasteiger partial charge in [0.05, 0.1) is 0 Å². The van der Waals surface area contributed by atoms with Gasteiger partial charge in [-0.3, -0.25) is 4.90 Å². The van der Waals surface area contributed by atoms with E-state index in [-0.39, 0.29) is 42.4 Å². The molecule has 3 nitrogen and oxygen atoms in total. The van der Waals surface area contributed by atoms with Gasteiger partial charge >= 0.3 is 0 Å². The summed E-state index contributed by atoms with van der Waals surface area (Å²) >= 11 is 0. The molecule has 1 saturated heterocycles. The number of benzene rings is 1. The minimum Gasteiger partial charge on any atom is -0.508 e. The van der Waals surface area contributed by atoms with Gasteiger partial charge in [0.15, 0.2) is 0 Å². The van der Waals surface area contributed by atoms with Crippen LogP contribution in [0.1, 0.15) is 31.9 Å². The van der Waals surface area contributed by atoms with Crippen LogP contribution in [0.3, 0.4) is 0 Å². The zero-order valence-corrected chi connectivity index (χ0v) is 14.1. The van der Waals surface area contributed by atoms with E-state index in [4.69, 9.17) is 0 Å². The normalized spacial score (nSPS) is 18.2. The molecule has 1 aromatic carbocycles. The topological polar surface area (TPSA) is 35.5 Å². The second kappa shape index (κ2) is 9.46. The molecule has 1 heterocycles. The summed E-state index contributed by atoms with van der Waals surface area (Å²) in [6.45, 7) is 8.08. The van der Waals surface area contributed by atoms with Gasteiger partial charge in [-0.1, -0.05) is 26.3 Å². The summed E-state index contributed by atoms with van der Waals surface area (Å²) in [6.07, 6.45) is 1.01. The Morgan fingerprint density at radius 1 is 1.29 bits per heavy atom. The smallest absolute Gasteiger partial charge is 0.131 e. The molecule has 0 aromatic heterocycles. The molecule has 6 heteroatoms. The molecule has 1 aliphatic heterocycles. The van der Waals surface area contributed by atoms with Crippen LogP contribution in [0.2, 0.25) is 0 Å². The van der Waals surface area contributed by atoms with Gasteiger partial charge in [0.2, 0.25) is 0 Å². The molecule has 0 radical (unpaired) electrons. The monoisotopic (exact) mass is 338 g/mol. The zero-order valence-electron chi connectivity index (χ0n) is 12.5. The molecule has 0 bridgehead atoms. The van der Waals surface area contributed by atoms with Gasteiger partial charge < -0.3 is 10.4 Å². The lowest BCUT2D eigenvalue weighted by atomic mass is 9.90. The van der Waals surface area contributed by atoms with Crippen molar-refractivity contribution in [2.24, 2.45) is 5.92 Å². The minimum atomic E-state index is -0.302. The van der Waals surface area contributed by atoms with Crippen molar-refractivity contribution in [2.45, 2.75) is 26.3 Å². The molecular formula is C15H25Cl2FN2O. The number of phenols is 1. The van der Waals surface area contributed by atoms with E-state index in [2.05, 4.69) is 24.1 Å². The number of piperazine rings is 1. The molecule has 0 aliphatic carbocycles. The lowest BCUT2D eigenvalue weighted by Gasteiger charge is -2.38. The van der Waals surface area contributed by atoms with Gasteiger partial charge in [-0.05, 0) is 12.0 Å². The highest BCUT2D eigenvalue weighted by Gasteiger charge is 2.28. The highest BCUT2D eigenvalue weighted by Crippen LogP contribution is 2.33. The third-order valence-corrected chi connectivity index (χ3v) is 4.03. The summed E-state index contributed by atoms with van der Waals surface area (Å²) < 4.78 is 14.1. The highest BCUT2D eigenvalue weighted by atomic mass is 35.5. The van der Waals surface area contributed by atoms with Gasteiger partial charge in [0.25, 0.3) is 0 Å². The van der Waals surface area contributed by atoms with Crippen LogP contribution in [0, 0.1) is 11.7 Å². The highest BCUT2D eigenvalue weighted by molar-refractivity contribution is 5.85. The Hall–Kier alpha value is -0.550. The average Bonchev–Trinajstić information content (AvgIpc) is 2.42. The summed E-state index contributed by atoms with van der Waals surface area (Å²) in [4.78, 5) is 2.35. The molecule has 21 heavy (non-hydrogen) atoms. The number of nitrogens with one attached hydrogen (secondary N) is 1. The Kier molecular flexibility index (Phi) is 9.22. The summed E-state index contributed by atoms with van der Waals surface area (Å²) in [5, 5.41) is 12.7. The third-order valence-electron chi connectivity index (χ3n) is 4.03. The van der Waals surface area contributed by atoms with Crippen LogP contribution in [-0.4, -0.2) is 36.2 Å². The van der Waals surface area contributed by atoms with Crippen LogP contribution in [0.4, 0.5) is 4.39 Å². The van der Waals surface area contributed by atoms with Gasteiger partial charge in [-0.2, -0.15) is 0 Å². The molecule has 0 spiro atoms. The van der Waals surface area contributed by atoms with Crippen LogP contribution in [0.5, 0.6) is 5.75 Å². The van der Waals surface area contributed by atoms with Crippen molar-refractivity contribution in [3.05, 3.63) is 29.6 Å². The predicted molar refractivity (Wildman–Crippen MR) is 89.2 cm³/mol. The number of rotatable bonds is 4. The molecule has 1 aromatic rings. The fourth-order valence-corrected chi connectivity index (χ4v) is 2.80. The van der Waals surface area contributed by atoms with E-state index in [0.29, 0.717) is 11.5 Å². The number of hydrogen-bond acceptors (Lipinski definition) is 3. The van der Waals surface area contributed by atoms with Gasteiger partial charge in [0.1, 0.15) is 11.6 Å². The van der Waals surface area contributed by atoms with Crippen molar-refractivity contribution in [3.8, 4) is 5.75 Å². The van der Waals surface area contributed by atoms with Crippen LogP contribution in [-0.2, 0) is 0 Å². The predicted octanol–water partition coefficient (Wildman–Crippen LogP) is 3.37. The molecule has 2 atom stereocenters. The van der Waals surface area contributed by atoms with Gasteiger partial charge in [-0.15, -0.1) is 24.8 Å². The lowest BCUT2D eigenvalue weighted by Crippen LogP contribution is -2.46. The largest absolute Gasteiger partial charge is 0.508 e. The maximum absolute atomic E-state index is 14.1. The molecule has 0 amide bonds. The van der Waals surface area contributed by atoms with Crippen LogP contribution < -0.4 is 5.32 Å². The fraction of sp³-hybridized carbons (Fsp3) is 0.600. The average molecular weight is 339 g/mol. The molecule has 2 rings (SSSR count). The van der Waals surface area contributed by atoms with Crippen molar-refractivity contribution in [3.63, 3.8) is 0 Å². The quantitative estimate of drug-likeness (QED) is 0.883. The summed E-state index contributed by atoms with van der Waals surface area (Å²) in [7, 11) is 0. The van der Waals surface area contributed by atoms with Crippen LogP contribution in [0.15, 0.2) is 18.2 Å². The first kappa shape index (κ1) is 20.5. The second-order valence-corrected chi connectivity index (χ2v) is 5.32. The Morgan fingerprint density at radius 3 is 2.43 bits per heavy atom. The molecule has 1 fully saturated rings. The van der Waals surface area contributed by atoms with E-state index in [0.717, 1.165) is 32.6 Å². The molecule has 2 N–H and O–H groups in total. The van der Waals surface area contributed by atoms with Crippen molar-refractivity contribution in [1.29, 1.82) is 0 Å². The molecular weight excluding hydrogens is 314 g/mol. The number of phenolic OH excluding ortho intramolecular Hbond substituents is 1. The Bertz CT molecular complexity index is 428. The van der Waals surface area contributed by atoms with Crippen molar-refractivity contribution in [1.82, 2.24) is 10.2 Å². The maximum atomic E-state index is 14.1. The molecule has 1 aliphatic rings. The van der Waals surface area contributed by atoms with Crippen molar-refractivity contribution in [2.75, 3.05) is 26.2 Å². The van der Waals surface area contributed by atoms with E-state index in [1.165, 1.54) is 6.07 Å². The van der Waals surface area contributed by atoms with Gasteiger partial charge in [0, 0.05) is 43.9 Å². The number of halogens is 3. The Morgan fingerprint density at radius 2 is 1.90 bits per heavy atom. The first-order valence-corrected chi connectivity index (χ1v) is 7.06. The summed E-state index contributed by atoms with van der Waals surface area (Å²) in [5.74, 6) is 0.0745. The fourth-order valence-electron chi connectivity index (χ4n) is 2.80. The summed E-state index contributed by atoms with van der Waals surface area (Å²) in [5.41, 5.74) is 0.703. The van der Waals surface area contributed by atoms with Crippen molar-refractivity contribution >= 4 is 24.8 Å².